The molecule has 0 saturated carbocycles. The summed E-state index contributed by atoms with van der Waals surface area (Å²) in [6.07, 6.45) is 1.79. The number of nitrogens with zero attached hydrogens (tertiary/aromatic N) is 2. The van der Waals surface area contributed by atoms with Crippen molar-refractivity contribution < 1.29 is 4.79 Å². The minimum absolute atomic E-state index is 0. The summed E-state index contributed by atoms with van der Waals surface area (Å²) in [5, 5.41) is 6.58. The number of halogens is 2. The first-order chi connectivity index (χ1) is 11.1. The predicted molar refractivity (Wildman–Crippen MR) is 101 cm³/mol. The SMILES string of the molecule is Cc1cccc(C(=O)Nc2ccc(N3CCNCC3)cn2)c1Cl.Cl. The van der Waals surface area contributed by atoms with Crippen molar-refractivity contribution >= 4 is 41.4 Å². The van der Waals surface area contributed by atoms with E-state index in [1.165, 1.54) is 0 Å². The van der Waals surface area contributed by atoms with Gasteiger partial charge in [-0.25, -0.2) is 4.98 Å². The van der Waals surface area contributed by atoms with Gasteiger partial charge < -0.3 is 15.5 Å². The molecule has 7 heteroatoms. The van der Waals surface area contributed by atoms with Crippen LogP contribution in [0.5, 0.6) is 0 Å². The number of aryl methyl sites for hydroxylation is 1. The Morgan fingerprint density at radius 2 is 2.00 bits per heavy atom. The molecule has 1 aliphatic rings. The van der Waals surface area contributed by atoms with Crippen molar-refractivity contribution in [3.8, 4) is 0 Å². The van der Waals surface area contributed by atoms with E-state index in [0.29, 0.717) is 16.4 Å². The second-order valence-corrected chi connectivity index (χ2v) is 5.91. The number of hydrogen-bond donors (Lipinski definition) is 2. The number of benzene rings is 1. The number of rotatable bonds is 3. The fourth-order valence-electron chi connectivity index (χ4n) is 2.58. The van der Waals surface area contributed by atoms with Crippen LogP contribution in [0.2, 0.25) is 5.02 Å². The highest BCUT2D eigenvalue weighted by atomic mass is 35.5. The smallest absolute Gasteiger partial charge is 0.258 e. The number of carbonyl (C=O) groups is 1. The summed E-state index contributed by atoms with van der Waals surface area (Å²) >= 11 is 6.19. The predicted octanol–water partition coefficient (Wildman–Crippen LogP) is 3.13. The van der Waals surface area contributed by atoms with E-state index in [9.17, 15) is 4.79 Å². The molecule has 2 N–H and O–H groups in total. The summed E-state index contributed by atoms with van der Waals surface area (Å²) < 4.78 is 0. The summed E-state index contributed by atoms with van der Waals surface area (Å²) in [5.74, 6) is 0.271. The zero-order valence-electron chi connectivity index (χ0n) is 13.4. The largest absolute Gasteiger partial charge is 0.368 e. The van der Waals surface area contributed by atoms with Crippen LogP contribution in [0.4, 0.5) is 11.5 Å². The van der Waals surface area contributed by atoms with E-state index in [1.54, 1.807) is 12.3 Å². The fraction of sp³-hybridized carbons (Fsp3) is 0.294. The van der Waals surface area contributed by atoms with E-state index < -0.39 is 0 Å². The minimum atomic E-state index is -0.249. The molecular weight excluding hydrogens is 347 g/mol. The van der Waals surface area contributed by atoms with Crippen LogP contribution in [-0.4, -0.2) is 37.1 Å². The Labute approximate surface area is 152 Å². The second-order valence-electron chi connectivity index (χ2n) is 5.53. The molecule has 128 valence electrons. The number of amides is 1. The molecule has 0 aliphatic carbocycles. The second kappa shape index (κ2) is 8.33. The standard InChI is InChI=1S/C17H19ClN4O.ClH/c1-12-3-2-4-14(16(12)18)17(23)21-15-6-5-13(11-20-15)22-9-7-19-8-10-22;/h2-6,11,19H,7-10H2,1H3,(H,20,21,23);1H. The first-order valence-corrected chi connectivity index (χ1v) is 8.01. The number of pyridine rings is 1. The zero-order valence-corrected chi connectivity index (χ0v) is 15.0. The molecule has 0 bridgehead atoms. The molecular formula is C17H20Cl2N4O. The Hall–Kier alpha value is -1.82. The van der Waals surface area contributed by atoms with E-state index in [1.807, 2.05) is 31.2 Å². The maximum atomic E-state index is 12.3. The summed E-state index contributed by atoms with van der Waals surface area (Å²) in [7, 11) is 0. The van der Waals surface area contributed by atoms with Crippen LogP contribution in [0.3, 0.4) is 0 Å². The van der Waals surface area contributed by atoms with E-state index >= 15 is 0 Å². The third kappa shape index (κ3) is 4.17. The van der Waals surface area contributed by atoms with Gasteiger partial charge in [-0.2, -0.15) is 0 Å². The van der Waals surface area contributed by atoms with E-state index in [2.05, 4.69) is 20.5 Å². The van der Waals surface area contributed by atoms with E-state index in [0.717, 1.165) is 37.4 Å². The van der Waals surface area contributed by atoms with Gasteiger partial charge in [0.25, 0.3) is 5.91 Å². The number of carbonyl (C=O) groups excluding carboxylic acids is 1. The molecule has 1 aromatic carbocycles. The summed E-state index contributed by atoms with van der Waals surface area (Å²) in [4.78, 5) is 18.9. The first kappa shape index (κ1) is 18.5. The lowest BCUT2D eigenvalue weighted by Crippen LogP contribution is -2.43. The summed E-state index contributed by atoms with van der Waals surface area (Å²) in [6.45, 7) is 5.76. The molecule has 0 unspecified atom stereocenters. The summed E-state index contributed by atoms with van der Waals surface area (Å²) in [5.41, 5.74) is 2.40. The maximum absolute atomic E-state index is 12.3. The third-order valence-corrected chi connectivity index (χ3v) is 4.41. The lowest BCUT2D eigenvalue weighted by Gasteiger charge is -2.29. The Kier molecular flexibility index (Phi) is 6.43. The molecule has 1 aliphatic heterocycles. The number of piperazine rings is 1. The highest BCUT2D eigenvalue weighted by Crippen LogP contribution is 2.22. The number of hydrogen-bond acceptors (Lipinski definition) is 4. The van der Waals surface area contributed by atoms with Crippen molar-refractivity contribution in [2.45, 2.75) is 6.92 Å². The minimum Gasteiger partial charge on any atom is -0.368 e. The van der Waals surface area contributed by atoms with Crippen molar-refractivity contribution in [1.29, 1.82) is 0 Å². The van der Waals surface area contributed by atoms with Gasteiger partial charge in [-0.1, -0.05) is 23.7 Å². The van der Waals surface area contributed by atoms with Crippen molar-refractivity contribution in [2.75, 3.05) is 36.4 Å². The molecule has 3 rings (SSSR count). The van der Waals surface area contributed by atoms with Crippen molar-refractivity contribution in [3.05, 3.63) is 52.7 Å². The van der Waals surface area contributed by atoms with Crippen molar-refractivity contribution in [1.82, 2.24) is 10.3 Å². The third-order valence-electron chi connectivity index (χ3n) is 3.91. The number of aromatic nitrogens is 1. The Morgan fingerprint density at radius 3 is 2.67 bits per heavy atom. The van der Waals surface area contributed by atoms with Gasteiger partial charge in [0, 0.05) is 26.2 Å². The Morgan fingerprint density at radius 1 is 1.25 bits per heavy atom. The topological polar surface area (TPSA) is 57.3 Å². The molecule has 2 aromatic rings. The van der Waals surface area contributed by atoms with Crippen LogP contribution in [0, 0.1) is 6.92 Å². The highest BCUT2D eigenvalue weighted by molar-refractivity contribution is 6.35. The van der Waals surface area contributed by atoms with Gasteiger partial charge in [-0.3, -0.25) is 4.79 Å². The average Bonchev–Trinajstić information content (AvgIpc) is 2.59. The Balaban J connectivity index is 0.00000208. The van der Waals surface area contributed by atoms with Crippen LogP contribution in [-0.2, 0) is 0 Å². The Bertz CT molecular complexity index is 700. The van der Waals surface area contributed by atoms with Crippen LogP contribution in [0.25, 0.3) is 0 Å². The molecule has 5 nitrogen and oxygen atoms in total. The fourth-order valence-corrected chi connectivity index (χ4v) is 2.79. The van der Waals surface area contributed by atoms with E-state index in [-0.39, 0.29) is 18.3 Å². The van der Waals surface area contributed by atoms with Gasteiger partial charge in [0.2, 0.25) is 0 Å². The van der Waals surface area contributed by atoms with Gasteiger partial charge in [0.1, 0.15) is 5.82 Å². The molecule has 24 heavy (non-hydrogen) atoms. The van der Waals surface area contributed by atoms with Gasteiger partial charge >= 0.3 is 0 Å². The van der Waals surface area contributed by atoms with Gasteiger partial charge in [0.05, 0.1) is 22.5 Å². The zero-order chi connectivity index (χ0) is 16.2. The van der Waals surface area contributed by atoms with E-state index in [4.69, 9.17) is 11.6 Å². The van der Waals surface area contributed by atoms with Gasteiger partial charge in [0.15, 0.2) is 0 Å². The quantitative estimate of drug-likeness (QED) is 0.875. The van der Waals surface area contributed by atoms with Crippen LogP contribution in [0.1, 0.15) is 15.9 Å². The van der Waals surface area contributed by atoms with Gasteiger partial charge in [-0.15, -0.1) is 12.4 Å². The molecule has 1 aromatic heterocycles. The molecule has 0 spiro atoms. The lowest BCUT2D eigenvalue weighted by atomic mass is 10.1. The molecule has 1 fully saturated rings. The molecule has 0 radical (unpaired) electrons. The number of anilines is 2. The molecule has 1 amide bonds. The molecule has 0 atom stereocenters. The first-order valence-electron chi connectivity index (χ1n) is 7.63. The monoisotopic (exact) mass is 366 g/mol. The highest BCUT2D eigenvalue weighted by Gasteiger charge is 2.14. The normalized spacial score (nSPS) is 14.0. The van der Waals surface area contributed by atoms with Crippen molar-refractivity contribution in [2.24, 2.45) is 0 Å². The number of nitrogens with one attached hydrogen (secondary N) is 2. The molecule has 2 heterocycles. The van der Waals surface area contributed by atoms with Crippen LogP contribution < -0.4 is 15.5 Å². The van der Waals surface area contributed by atoms with Crippen LogP contribution in [0.15, 0.2) is 36.5 Å². The lowest BCUT2D eigenvalue weighted by molar-refractivity contribution is 0.102. The van der Waals surface area contributed by atoms with Gasteiger partial charge in [-0.05, 0) is 30.7 Å². The average molecular weight is 367 g/mol. The van der Waals surface area contributed by atoms with Crippen molar-refractivity contribution in [3.63, 3.8) is 0 Å². The summed E-state index contributed by atoms with van der Waals surface area (Å²) in [6, 6.07) is 9.20. The maximum Gasteiger partial charge on any atom is 0.258 e. The molecule has 1 saturated heterocycles. The van der Waals surface area contributed by atoms with Crippen LogP contribution >= 0.6 is 24.0 Å².